The highest BCUT2D eigenvalue weighted by molar-refractivity contribution is 9.10. The van der Waals surface area contributed by atoms with Crippen LogP contribution in [-0.2, 0) is 6.54 Å². The molecule has 0 saturated carbocycles. The van der Waals surface area contributed by atoms with Crippen molar-refractivity contribution in [3.05, 3.63) is 39.2 Å². The number of nitrogens with zero attached hydrogens (tertiary/aromatic N) is 5. The lowest BCUT2D eigenvalue weighted by atomic mass is 10.1. The number of pyridine rings is 1. The first-order valence-corrected chi connectivity index (χ1v) is 8.73. The van der Waals surface area contributed by atoms with E-state index in [4.69, 9.17) is 0 Å². The molecule has 2 aromatic rings. The van der Waals surface area contributed by atoms with Gasteiger partial charge in [-0.2, -0.15) is 5.10 Å². The Labute approximate surface area is 148 Å². The number of nitro groups is 1. The van der Waals surface area contributed by atoms with Crippen molar-refractivity contribution < 1.29 is 4.92 Å². The van der Waals surface area contributed by atoms with Gasteiger partial charge >= 0.3 is 0 Å². The Morgan fingerprint density at radius 2 is 2.04 bits per heavy atom. The Hall–Kier alpha value is -2.00. The molecule has 1 aliphatic rings. The van der Waals surface area contributed by atoms with Gasteiger partial charge in [0.15, 0.2) is 0 Å². The molecule has 1 aliphatic heterocycles. The van der Waals surface area contributed by atoms with Crippen LogP contribution >= 0.6 is 15.9 Å². The van der Waals surface area contributed by atoms with E-state index in [2.05, 4.69) is 36.2 Å². The van der Waals surface area contributed by atoms with Crippen molar-refractivity contribution >= 4 is 33.1 Å². The minimum absolute atomic E-state index is 0.0512. The number of hydrogen-bond donors (Lipinski definition) is 1. The summed E-state index contributed by atoms with van der Waals surface area (Å²) in [5.41, 5.74) is 0.750. The SMILES string of the molecule is O=[N+]([O-])c1cnc(Nc2cnn(CCN3CCCCC3)c2)c(Br)c1. The van der Waals surface area contributed by atoms with E-state index < -0.39 is 4.92 Å². The van der Waals surface area contributed by atoms with Crippen LogP contribution in [0.5, 0.6) is 0 Å². The van der Waals surface area contributed by atoms with Gasteiger partial charge in [0.05, 0.1) is 27.8 Å². The number of hydrogen-bond acceptors (Lipinski definition) is 6. The monoisotopic (exact) mass is 394 g/mol. The van der Waals surface area contributed by atoms with Gasteiger partial charge in [-0.05, 0) is 41.9 Å². The van der Waals surface area contributed by atoms with E-state index in [1.54, 1.807) is 6.20 Å². The minimum Gasteiger partial charge on any atom is -0.337 e. The molecule has 0 amide bonds. The number of anilines is 2. The zero-order valence-electron chi connectivity index (χ0n) is 13.2. The zero-order chi connectivity index (χ0) is 16.9. The maximum atomic E-state index is 10.7. The Morgan fingerprint density at radius 1 is 1.25 bits per heavy atom. The highest BCUT2D eigenvalue weighted by atomic mass is 79.9. The standard InChI is InChI=1S/C15H19BrN6O2/c16-14-8-13(22(23)24)10-17-15(14)19-12-9-18-21(11-12)7-6-20-4-2-1-3-5-20/h8-11H,1-7H2,(H,17,19). The van der Waals surface area contributed by atoms with Gasteiger partial charge in [-0.15, -0.1) is 0 Å². The van der Waals surface area contributed by atoms with Crippen LogP contribution in [0.2, 0.25) is 0 Å². The van der Waals surface area contributed by atoms with Gasteiger partial charge in [0, 0.05) is 18.8 Å². The fourth-order valence-electron chi connectivity index (χ4n) is 2.73. The van der Waals surface area contributed by atoms with Gasteiger partial charge in [0.2, 0.25) is 0 Å². The Morgan fingerprint density at radius 3 is 2.75 bits per heavy atom. The summed E-state index contributed by atoms with van der Waals surface area (Å²) in [7, 11) is 0. The van der Waals surface area contributed by atoms with E-state index in [9.17, 15) is 10.1 Å². The first kappa shape index (κ1) is 16.8. The van der Waals surface area contributed by atoms with Crippen molar-refractivity contribution in [2.75, 3.05) is 25.0 Å². The van der Waals surface area contributed by atoms with Crippen LogP contribution in [0.1, 0.15) is 19.3 Å². The summed E-state index contributed by atoms with van der Waals surface area (Å²) in [4.78, 5) is 16.8. The molecule has 0 unspecified atom stereocenters. The topological polar surface area (TPSA) is 89.1 Å². The molecule has 8 nitrogen and oxygen atoms in total. The van der Waals surface area contributed by atoms with Crippen LogP contribution in [-0.4, -0.2) is 44.2 Å². The summed E-state index contributed by atoms with van der Waals surface area (Å²) in [5, 5.41) is 18.2. The maximum absolute atomic E-state index is 10.7. The lowest BCUT2D eigenvalue weighted by Crippen LogP contribution is -2.32. The minimum atomic E-state index is -0.472. The predicted octanol–water partition coefficient (Wildman–Crippen LogP) is 3.18. The number of halogens is 1. The summed E-state index contributed by atoms with van der Waals surface area (Å²) in [6.45, 7) is 4.19. The third-order valence-electron chi connectivity index (χ3n) is 4.03. The van der Waals surface area contributed by atoms with Crippen LogP contribution in [0.4, 0.5) is 17.2 Å². The number of likely N-dealkylation sites (tertiary alicyclic amines) is 1. The second-order valence-electron chi connectivity index (χ2n) is 5.80. The molecule has 24 heavy (non-hydrogen) atoms. The van der Waals surface area contributed by atoms with Crippen LogP contribution in [0, 0.1) is 10.1 Å². The lowest BCUT2D eigenvalue weighted by molar-refractivity contribution is -0.385. The Balaban J connectivity index is 1.58. The molecule has 1 N–H and O–H groups in total. The summed E-state index contributed by atoms with van der Waals surface area (Å²) >= 11 is 3.30. The van der Waals surface area contributed by atoms with Crippen molar-refractivity contribution in [3.63, 3.8) is 0 Å². The number of nitrogens with one attached hydrogen (secondary N) is 1. The smallest absolute Gasteiger partial charge is 0.288 e. The molecule has 0 radical (unpaired) electrons. The van der Waals surface area contributed by atoms with Crippen LogP contribution in [0.25, 0.3) is 0 Å². The van der Waals surface area contributed by atoms with Crippen LogP contribution < -0.4 is 5.32 Å². The van der Waals surface area contributed by atoms with E-state index in [1.807, 2.05) is 10.9 Å². The van der Waals surface area contributed by atoms with Gasteiger partial charge < -0.3 is 10.2 Å². The van der Waals surface area contributed by atoms with E-state index >= 15 is 0 Å². The molecule has 0 spiro atoms. The van der Waals surface area contributed by atoms with Crippen molar-refractivity contribution in [3.8, 4) is 0 Å². The highest BCUT2D eigenvalue weighted by Crippen LogP contribution is 2.26. The average Bonchev–Trinajstić information content (AvgIpc) is 3.03. The molecule has 0 aliphatic carbocycles. The fourth-order valence-corrected chi connectivity index (χ4v) is 3.17. The molecule has 128 valence electrons. The molecule has 1 saturated heterocycles. The Bertz CT molecular complexity index is 714. The predicted molar refractivity (Wildman–Crippen MR) is 94.4 cm³/mol. The summed E-state index contributed by atoms with van der Waals surface area (Å²) in [6.07, 6.45) is 8.78. The molecule has 3 rings (SSSR count). The summed E-state index contributed by atoms with van der Waals surface area (Å²) in [6, 6.07) is 1.43. The van der Waals surface area contributed by atoms with E-state index in [0.29, 0.717) is 10.3 Å². The molecule has 0 aromatic carbocycles. The molecule has 3 heterocycles. The van der Waals surface area contributed by atoms with Crippen LogP contribution in [0.15, 0.2) is 29.1 Å². The highest BCUT2D eigenvalue weighted by Gasteiger charge is 2.12. The number of aromatic nitrogens is 3. The second kappa shape index (κ2) is 7.71. The van der Waals surface area contributed by atoms with E-state index in [1.165, 1.54) is 44.6 Å². The fraction of sp³-hybridized carbons (Fsp3) is 0.467. The van der Waals surface area contributed by atoms with E-state index in [0.717, 1.165) is 18.8 Å². The molecule has 0 atom stereocenters. The van der Waals surface area contributed by atoms with Gasteiger partial charge in [-0.25, -0.2) is 4.98 Å². The Kier molecular flexibility index (Phi) is 5.41. The molecular weight excluding hydrogens is 376 g/mol. The third-order valence-corrected chi connectivity index (χ3v) is 4.63. The lowest BCUT2D eigenvalue weighted by Gasteiger charge is -2.26. The van der Waals surface area contributed by atoms with Gasteiger partial charge in [-0.3, -0.25) is 14.8 Å². The molecule has 0 bridgehead atoms. The summed E-state index contributed by atoms with van der Waals surface area (Å²) < 4.78 is 2.44. The number of rotatable bonds is 6. The maximum Gasteiger partial charge on any atom is 0.288 e. The van der Waals surface area contributed by atoms with Crippen molar-refractivity contribution in [2.24, 2.45) is 0 Å². The first-order chi connectivity index (χ1) is 11.6. The van der Waals surface area contributed by atoms with Gasteiger partial charge in [0.25, 0.3) is 5.69 Å². The van der Waals surface area contributed by atoms with Gasteiger partial charge in [0.1, 0.15) is 12.0 Å². The molecule has 2 aromatic heterocycles. The first-order valence-electron chi connectivity index (χ1n) is 7.93. The normalized spacial score (nSPS) is 15.4. The third kappa shape index (κ3) is 4.30. The number of piperidine rings is 1. The van der Waals surface area contributed by atoms with E-state index in [-0.39, 0.29) is 5.69 Å². The average molecular weight is 395 g/mol. The molecule has 9 heteroatoms. The largest absolute Gasteiger partial charge is 0.337 e. The molecular formula is C15H19BrN6O2. The zero-order valence-corrected chi connectivity index (χ0v) is 14.8. The quantitative estimate of drug-likeness (QED) is 0.597. The summed E-state index contributed by atoms with van der Waals surface area (Å²) in [5.74, 6) is 0.524. The molecule has 1 fully saturated rings. The van der Waals surface area contributed by atoms with Crippen molar-refractivity contribution in [1.29, 1.82) is 0 Å². The van der Waals surface area contributed by atoms with Crippen LogP contribution in [0.3, 0.4) is 0 Å². The van der Waals surface area contributed by atoms with Crippen molar-refractivity contribution in [1.82, 2.24) is 19.7 Å². The van der Waals surface area contributed by atoms with Crippen molar-refractivity contribution in [2.45, 2.75) is 25.8 Å². The van der Waals surface area contributed by atoms with Gasteiger partial charge in [-0.1, -0.05) is 6.42 Å². The second-order valence-corrected chi connectivity index (χ2v) is 6.65.